The summed E-state index contributed by atoms with van der Waals surface area (Å²) in [6, 6.07) is 2.25. The number of carbonyl (C=O) groups excluding carboxylic acids is 2. The first-order valence-corrected chi connectivity index (χ1v) is 10.6. The second-order valence-electron chi connectivity index (χ2n) is 7.85. The van der Waals surface area contributed by atoms with Crippen LogP contribution in [0, 0.1) is 12.8 Å². The highest BCUT2D eigenvalue weighted by molar-refractivity contribution is 5.86. The molecular weight excluding hydrogens is 431 g/mol. The predicted molar refractivity (Wildman–Crippen MR) is 106 cm³/mol. The minimum Gasteiger partial charge on any atom is -0.542 e. The fourth-order valence-corrected chi connectivity index (χ4v) is 4.29. The molecule has 4 N–H and O–H groups in total. The van der Waals surface area contributed by atoms with Gasteiger partial charge in [0.05, 0.1) is 6.61 Å². The maximum absolute atomic E-state index is 12.8. The Hall–Kier alpha value is -2.47. The number of carboxylic acids is 1. The third-order valence-corrected chi connectivity index (χ3v) is 5.63. The van der Waals surface area contributed by atoms with Gasteiger partial charge in [-0.1, -0.05) is 12.8 Å². The van der Waals surface area contributed by atoms with Crippen LogP contribution in [0.2, 0.25) is 0 Å². The fraction of sp³-hybridized carbons (Fsp3) is 0.700. The number of fused-ring (bicyclic) bond motifs is 1. The van der Waals surface area contributed by atoms with Gasteiger partial charge in [0.15, 0.2) is 0 Å². The van der Waals surface area contributed by atoms with Crippen LogP contribution in [0.1, 0.15) is 43.6 Å². The summed E-state index contributed by atoms with van der Waals surface area (Å²) in [7, 11) is 1.65. The van der Waals surface area contributed by atoms with Crippen LogP contribution in [-0.4, -0.2) is 60.4 Å². The van der Waals surface area contributed by atoms with Crippen molar-refractivity contribution in [2.24, 2.45) is 5.92 Å². The molecule has 3 atom stereocenters. The number of alkyl halides is 3. The van der Waals surface area contributed by atoms with Gasteiger partial charge in [0, 0.05) is 25.8 Å². The number of aromatic nitrogens is 2. The van der Waals surface area contributed by atoms with E-state index < -0.39 is 12.1 Å². The average Bonchev–Trinajstić information content (AvgIpc) is 3.13. The smallest absolute Gasteiger partial charge is 0.430 e. The maximum atomic E-state index is 12.8. The normalized spacial score (nSPS) is 22.6. The molecule has 1 amide bonds. The first-order valence-electron chi connectivity index (χ1n) is 10.6. The second-order valence-corrected chi connectivity index (χ2v) is 7.85. The van der Waals surface area contributed by atoms with E-state index in [1.165, 1.54) is 19.3 Å². The van der Waals surface area contributed by atoms with Crippen LogP contribution in [0.4, 0.5) is 19.0 Å². The van der Waals surface area contributed by atoms with Crippen molar-refractivity contribution in [3.8, 4) is 0 Å². The van der Waals surface area contributed by atoms with Gasteiger partial charge in [-0.2, -0.15) is 13.2 Å². The molecule has 0 unspecified atom stereocenters. The standard InChI is InChI=1S/C18H29N5O2.C2HF3O2/c1-12-21-14(11-19)10-17(22-12)23-15-6-4-3-5-13(15)9-16(23)18(24)20-7-8-25-2;3-2(4,5)1(6)7/h10,13,15-16H,3-9,11,19H2,1-2H3,(H,20,24);(H,6,7)/t13-,15-,16-;/m0./s1. The zero-order chi connectivity index (χ0) is 23.9. The minimum absolute atomic E-state index is 0.0823. The van der Waals surface area contributed by atoms with Crippen molar-refractivity contribution in [3.63, 3.8) is 0 Å². The molecular formula is C20H30F3N5O4. The molecule has 1 aromatic heterocycles. The highest BCUT2D eigenvalue weighted by Gasteiger charge is 2.45. The summed E-state index contributed by atoms with van der Waals surface area (Å²) < 4.78 is 36.6. The lowest BCUT2D eigenvalue weighted by Crippen LogP contribution is -2.49. The number of quaternary nitrogens is 1. The van der Waals surface area contributed by atoms with E-state index in [2.05, 4.69) is 25.9 Å². The summed E-state index contributed by atoms with van der Waals surface area (Å²) in [6.45, 7) is 3.61. The number of rotatable bonds is 6. The second kappa shape index (κ2) is 11.4. The first-order chi connectivity index (χ1) is 15.1. The summed E-state index contributed by atoms with van der Waals surface area (Å²) in [5, 5.41) is 11.8. The van der Waals surface area contributed by atoms with Gasteiger partial charge in [-0.05, 0) is 32.1 Å². The molecule has 1 aliphatic heterocycles. The number of halogens is 3. The van der Waals surface area contributed by atoms with E-state index in [4.69, 9.17) is 14.6 Å². The third kappa shape index (κ3) is 6.76. The zero-order valence-corrected chi connectivity index (χ0v) is 18.3. The van der Waals surface area contributed by atoms with E-state index in [9.17, 15) is 18.0 Å². The zero-order valence-electron chi connectivity index (χ0n) is 18.3. The molecule has 0 bridgehead atoms. The lowest BCUT2D eigenvalue weighted by Gasteiger charge is -2.34. The molecule has 0 radical (unpaired) electrons. The van der Waals surface area contributed by atoms with E-state index >= 15 is 0 Å². The molecule has 1 saturated carbocycles. The number of amides is 1. The van der Waals surface area contributed by atoms with Crippen molar-refractivity contribution in [2.45, 2.75) is 63.8 Å². The van der Waals surface area contributed by atoms with Crippen LogP contribution in [-0.2, 0) is 20.9 Å². The molecule has 3 rings (SSSR count). The van der Waals surface area contributed by atoms with Gasteiger partial charge in [0.1, 0.15) is 35.9 Å². The molecule has 2 heterocycles. The molecule has 12 heteroatoms. The van der Waals surface area contributed by atoms with E-state index in [1.807, 2.05) is 13.0 Å². The molecule has 0 aromatic carbocycles. The Morgan fingerprint density at radius 3 is 2.56 bits per heavy atom. The van der Waals surface area contributed by atoms with Crippen molar-refractivity contribution in [2.75, 3.05) is 25.2 Å². The number of nitrogens with one attached hydrogen (secondary N) is 1. The molecule has 1 aliphatic carbocycles. The summed E-state index contributed by atoms with van der Waals surface area (Å²) in [6.07, 6.45) is 0.540. The van der Waals surface area contributed by atoms with Gasteiger partial charge in [-0.25, -0.2) is 9.97 Å². The number of hydrogen-bond donors (Lipinski definition) is 2. The number of ether oxygens (including phenoxy) is 1. The number of aryl methyl sites for hydroxylation is 1. The molecule has 9 nitrogen and oxygen atoms in total. The average molecular weight is 461 g/mol. The third-order valence-electron chi connectivity index (χ3n) is 5.63. The van der Waals surface area contributed by atoms with Gasteiger partial charge in [0.2, 0.25) is 5.91 Å². The van der Waals surface area contributed by atoms with Crippen molar-refractivity contribution < 1.29 is 38.3 Å². The Labute approximate surface area is 184 Å². The van der Waals surface area contributed by atoms with E-state index in [0.717, 1.165) is 30.2 Å². The highest BCUT2D eigenvalue weighted by atomic mass is 19.4. The Morgan fingerprint density at radius 1 is 1.31 bits per heavy atom. The minimum atomic E-state index is -5.19. The van der Waals surface area contributed by atoms with Gasteiger partial charge >= 0.3 is 6.18 Å². The van der Waals surface area contributed by atoms with Crippen molar-refractivity contribution in [3.05, 3.63) is 17.6 Å². The van der Waals surface area contributed by atoms with Gasteiger partial charge in [-0.3, -0.25) is 4.79 Å². The summed E-state index contributed by atoms with van der Waals surface area (Å²) >= 11 is 0. The number of aliphatic carboxylic acids is 1. The number of carboxylic acid groups (broad SMARTS) is 1. The molecule has 1 aromatic rings. The summed E-state index contributed by atoms with van der Waals surface area (Å²) in [5.74, 6) is -0.724. The van der Waals surface area contributed by atoms with Crippen molar-refractivity contribution in [1.29, 1.82) is 0 Å². The van der Waals surface area contributed by atoms with Crippen molar-refractivity contribution in [1.82, 2.24) is 15.3 Å². The largest absolute Gasteiger partial charge is 0.542 e. The molecule has 0 spiro atoms. The first kappa shape index (κ1) is 25.8. The van der Waals surface area contributed by atoms with E-state index in [-0.39, 0.29) is 11.9 Å². The monoisotopic (exact) mass is 461 g/mol. The Balaban J connectivity index is 0.000000451. The quantitative estimate of drug-likeness (QED) is 0.557. The highest BCUT2D eigenvalue weighted by Crippen LogP contribution is 2.41. The Kier molecular flexibility index (Phi) is 9.20. The van der Waals surface area contributed by atoms with Crippen LogP contribution < -0.4 is 21.1 Å². The van der Waals surface area contributed by atoms with Crippen LogP contribution in [0.15, 0.2) is 6.07 Å². The number of nitrogens with zero attached hydrogens (tertiary/aromatic N) is 3. The van der Waals surface area contributed by atoms with E-state index in [1.54, 1.807) is 7.11 Å². The number of hydrogen-bond acceptors (Lipinski definition) is 7. The Morgan fingerprint density at radius 2 is 1.97 bits per heavy atom. The van der Waals surface area contributed by atoms with E-state index in [0.29, 0.717) is 31.7 Å². The molecule has 32 heavy (non-hydrogen) atoms. The molecule has 2 fully saturated rings. The Bertz CT molecular complexity index is 793. The van der Waals surface area contributed by atoms with Crippen LogP contribution >= 0.6 is 0 Å². The lowest BCUT2D eigenvalue weighted by atomic mass is 9.84. The predicted octanol–water partition coefficient (Wildman–Crippen LogP) is -0.274. The summed E-state index contributed by atoms with van der Waals surface area (Å²) in [4.78, 5) is 33.0. The molecule has 180 valence electrons. The van der Waals surface area contributed by atoms with Crippen molar-refractivity contribution >= 4 is 17.7 Å². The van der Waals surface area contributed by atoms with Crippen LogP contribution in [0.5, 0.6) is 0 Å². The number of carbonyl (C=O) groups is 2. The van der Waals surface area contributed by atoms with Crippen LogP contribution in [0.25, 0.3) is 0 Å². The lowest BCUT2D eigenvalue weighted by molar-refractivity contribution is -0.387. The SMILES string of the molecule is COCCNC(=O)[C@@H]1C[C@@H]2CCCC[C@@H]2N1c1cc(C[NH3+])nc(C)n1.O=C([O-])C(F)(F)F. The molecule has 1 saturated heterocycles. The number of anilines is 1. The number of methoxy groups -OCH3 is 1. The fourth-order valence-electron chi connectivity index (χ4n) is 4.29. The van der Waals surface area contributed by atoms with Gasteiger partial charge in [0.25, 0.3) is 0 Å². The summed E-state index contributed by atoms with van der Waals surface area (Å²) in [5.41, 5.74) is 4.88. The maximum Gasteiger partial charge on any atom is 0.430 e. The molecule has 2 aliphatic rings. The van der Waals surface area contributed by atoms with Gasteiger partial charge in [-0.15, -0.1) is 0 Å². The van der Waals surface area contributed by atoms with Crippen LogP contribution in [0.3, 0.4) is 0 Å². The van der Waals surface area contributed by atoms with Gasteiger partial charge < -0.3 is 30.6 Å². The topological polar surface area (TPSA) is 135 Å².